The van der Waals surface area contributed by atoms with Gasteiger partial charge in [-0.15, -0.1) is 12.4 Å². The Labute approximate surface area is 182 Å². The number of anilines is 2. The van der Waals surface area contributed by atoms with E-state index in [9.17, 15) is 13.2 Å². The Morgan fingerprint density at radius 2 is 2.03 bits per heavy atom. The number of nitrogens with zero attached hydrogens (tertiary/aromatic N) is 2. The van der Waals surface area contributed by atoms with Crippen LogP contribution in [0.2, 0.25) is 0 Å². The van der Waals surface area contributed by atoms with Crippen LogP contribution in [0.4, 0.5) is 24.5 Å². The van der Waals surface area contributed by atoms with Gasteiger partial charge in [0.2, 0.25) is 0 Å². The molecule has 31 heavy (non-hydrogen) atoms. The summed E-state index contributed by atoms with van der Waals surface area (Å²) in [6, 6.07) is 11.3. The van der Waals surface area contributed by atoms with Gasteiger partial charge in [-0.1, -0.05) is 12.1 Å². The molecule has 0 amide bonds. The molecule has 10 heteroatoms. The van der Waals surface area contributed by atoms with E-state index < -0.39 is 18.0 Å². The molecule has 3 N–H and O–H groups in total. The van der Waals surface area contributed by atoms with Gasteiger partial charge in [0.15, 0.2) is 0 Å². The Morgan fingerprint density at radius 3 is 2.77 bits per heavy atom. The second-order valence-corrected chi connectivity index (χ2v) is 7.12. The van der Waals surface area contributed by atoms with E-state index in [0.29, 0.717) is 33.7 Å². The van der Waals surface area contributed by atoms with Crippen LogP contribution in [0.15, 0.2) is 53.7 Å². The monoisotopic (exact) mass is 452 g/mol. The summed E-state index contributed by atoms with van der Waals surface area (Å²) >= 11 is 0. The second-order valence-electron chi connectivity index (χ2n) is 7.12. The lowest BCUT2D eigenvalue weighted by Crippen LogP contribution is -2.38. The zero-order chi connectivity index (χ0) is 21.3. The van der Waals surface area contributed by atoms with Crippen LogP contribution in [0.1, 0.15) is 12.5 Å². The molecule has 2 heterocycles. The molecule has 0 saturated heterocycles. The van der Waals surface area contributed by atoms with Gasteiger partial charge < -0.3 is 20.5 Å². The standard InChI is InChI=1S/C21H19F3N4O2.ClH/c1-21(11-29-10-18(25)28-21)15-8-13(5-6-16(15)22)27-17-4-2-3-12-7-14(30-20(23)24)9-26-19(12)17;/h2-9,20,27H,10-11H2,1H3,(H2,25,28);1H. The average Bonchev–Trinajstić information content (AvgIpc) is 2.69. The van der Waals surface area contributed by atoms with Gasteiger partial charge in [-0.05, 0) is 37.3 Å². The molecule has 2 aromatic carbocycles. The van der Waals surface area contributed by atoms with Crippen molar-refractivity contribution in [2.75, 3.05) is 18.5 Å². The number of halogens is 4. The summed E-state index contributed by atoms with van der Waals surface area (Å²) in [4.78, 5) is 8.62. The Balaban J connectivity index is 0.00000272. The van der Waals surface area contributed by atoms with Crippen molar-refractivity contribution in [1.82, 2.24) is 4.98 Å². The highest BCUT2D eigenvalue weighted by Gasteiger charge is 2.32. The van der Waals surface area contributed by atoms with Gasteiger partial charge in [-0.25, -0.2) is 4.39 Å². The van der Waals surface area contributed by atoms with Crippen molar-refractivity contribution in [3.63, 3.8) is 0 Å². The first kappa shape index (κ1) is 22.6. The summed E-state index contributed by atoms with van der Waals surface area (Å²) in [7, 11) is 0. The van der Waals surface area contributed by atoms with Gasteiger partial charge in [0, 0.05) is 16.6 Å². The van der Waals surface area contributed by atoms with Crippen LogP contribution in [0.25, 0.3) is 10.9 Å². The van der Waals surface area contributed by atoms with Gasteiger partial charge in [-0.2, -0.15) is 8.78 Å². The molecule has 4 rings (SSSR count). The maximum atomic E-state index is 14.6. The number of hydrogen-bond donors (Lipinski definition) is 2. The van der Waals surface area contributed by atoms with Gasteiger partial charge in [-0.3, -0.25) is 9.98 Å². The molecular formula is C21H20ClF3N4O2. The van der Waals surface area contributed by atoms with Crippen molar-refractivity contribution >= 4 is 40.5 Å². The van der Waals surface area contributed by atoms with E-state index in [1.54, 1.807) is 37.3 Å². The Morgan fingerprint density at radius 1 is 1.23 bits per heavy atom. The number of fused-ring (bicyclic) bond motifs is 1. The fraction of sp³-hybridized carbons (Fsp3) is 0.238. The van der Waals surface area contributed by atoms with Gasteiger partial charge in [0.05, 0.1) is 24.0 Å². The first-order valence-corrected chi connectivity index (χ1v) is 9.17. The smallest absolute Gasteiger partial charge is 0.387 e. The van der Waals surface area contributed by atoms with E-state index in [1.807, 2.05) is 0 Å². The molecule has 0 radical (unpaired) electrons. The summed E-state index contributed by atoms with van der Waals surface area (Å²) in [6.07, 6.45) is 1.23. The fourth-order valence-electron chi connectivity index (χ4n) is 3.45. The van der Waals surface area contributed by atoms with Gasteiger partial charge in [0.1, 0.15) is 29.5 Å². The number of nitrogens with two attached hydrogens (primary N) is 1. The second kappa shape index (κ2) is 8.99. The average molecular weight is 453 g/mol. The first-order valence-electron chi connectivity index (χ1n) is 9.17. The molecule has 1 aliphatic heterocycles. The van der Waals surface area contributed by atoms with Crippen molar-refractivity contribution in [2.24, 2.45) is 10.7 Å². The minimum absolute atomic E-state index is 0. The molecule has 0 fully saturated rings. The minimum Gasteiger partial charge on any atom is -0.433 e. The molecule has 1 aromatic heterocycles. The summed E-state index contributed by atoms with van der Waals surface area (Å²) in [5.41, 5.74) is 6.97. The number of benzene rings is 2. The molecule has 1 aliphatic rings. The SMILES string of the molecule is CC1(c2cc(Nc3cccc4cc(OC(F)F)cnc34)ccc2F)COCC(N)=N1.Cl. The van der Waals surface area contributed by atoms with Gasteiger partial charge >= 0.3 is 6.61 Å². The predicted octanol–water partition coefficient (Wildman–Crippen LogP) is 4.74. The number of pyridine rings is 1. The van der Waals surface area contributed by atoms with Gasteiger partial charge in [0.25, 0.3) is 0 Å². The molecule has 0 spiro atoms. The number of alkyl halides is 2. The largest absolute Gasteiger partial charge is 0.433 e. The predicted molar refractivity (Wildman–Crippen MR) is 115 cm³/mol. The Bertz CT molecular complexity index is 1130. The third kappa shape index (κ3) is 4.83. The van der Waals surface area contributed by atoms with Crippen LogP contribution >= 0.6 is 12.4 Å². The quantitative estimate of drug-likeness (QED) is 0.584. The number of nitrogens with one attached hydrogen (secondary N) is 1. The summed E-state index contributed by atoms with van der Waals surface area (Å²) in [5.74, 6) is -0.143. The number of para-hydroxylation sites is 1. The van der Waals surface area contributed by atoms with E-state index in [1.165, 1.54) is 18.3 Å². The molecule has 1 unspecified atom stereocenters. The molecule has 0 bridgehead atoms. The van der Waals surface area contributed by atoms with E-state index in [0.717, 1.165) is 0 Å². The number of ether oxygens (including phenoxy) is 2. The summed E-state index contributed by atoms with van der Waals surface area (Å²) < 4.78 is 49.3. The lowest BCUT2D eigenvalue weighted by molar-refractivity contribution is -0.0499. The van der Waals surface area contributed by atoms with Crippen LogP contribution in [0, 0.1) is 5.82 Å². The molecule has 0 aliphatic carbocycles. The molecule has 6 nitrogen and oxygen atoms in total. The third-order valence-electron chi connectivity index (χ3n) is 4.76. The minimum atomic E-state index is -2.93. The van der Waals surface area contributed by atoms with Crippen molar-refractivity contribution in [3.05, 3.63) is 60.0 Å². The van der Waals surface area contributed by atoms with E-state index >= 15 is 0 Å². The van der Waals surface area contributed by atoms with Crippen molar-refractivity contribution in [1.29, 1.82) is 0 Å². The lowest BCUT2D eigenvalue weighted by Gasteiger charge is -2.30. The van der Waals surface area contributed by atoms with Crippen LogP contribution in [-0.2, 0) is 10.3 Å². The highest BCUT2D eigenvalue weighted by Crippen LogP contribution is 2.34. The zero-order valence-corrected chi connectivity index (χ0v) is 17.3. The summed E-state index contributed by atoms with van der Waals surface area (Å²) in [5, 5.41) is 3.82. The van der Waals surface area contributed by atoms with Crippen LogP contribution in [-0.4, -0.2) is 30.6 Å². The number of hydrogen-bond acceptors (Lipinski definition) is 6. The fourth-order valence-corrected chi connectivity index (χ4v) is 3.45. The van der Waals surface area contributed by atoms with Crippen LogP contribution < -0.4 is 15.8 Å². The number of aliphatic imine (C=N–C) groups is 1. The topological polar surface area (TPSA) is 81.8 Å². The van der Waals surface area contributed by atoms with E-state index in [4.69, 9.17) is 10.5 Å². The molecule has 1 atom stereocenters. The lowest BCUT2D eigenvalue weighted by atomic mass is 9.91. The maximum Gasteiger partial charge on any atom is 0.387 e. The number of amidine groups is 1. The number of aromatic nitrogens is 1. The normalized spacial score (nSPS) is 18.4. The van der Waals surface area contributed by atoms with E-state index in [2.05, 4.69) is 20.0 Å². The van der Waals surface area contributed by atoms with Crippen LogP contribution in [0.5, 0.6) is 5.75 Å². The van der Waals surface area contributed by atoms with Crippen molar-refractivity contribution < 1.29 is 22.6 Å². The van der Waals surface area contributed by atoms with E-state index in [-0.39, 0.29) is 31.4 Å². The highest BCUT2D eigenvalue weighted by atomic mass is 35.5. The van der Waals surface area contributed by atoms with Crippen molar-refractivity contribution in [2.45, 2.75) is 19.1 Å². The van der Waals surface area contributed by atoms with Crippen molar-refractivity contribution in [3.8, 4) is 5.75 Å². The van der Waals surface area contributed by atoms with Crippen LogP contribution in [0.3, 0.4) is 0 Å². The molecule has 164 valence electrons. The molecular weight excluding hydrogens is 433 g/mol. The Kier molecular flexibility index (Phi) is 6.56. The maximum absolute atomic E-state index is 14.6. The third-order valence-corrected chi connectivity index (χ3v) is 4.76. The first-order chi connectivity index (χ1) is 14.3. The molecule has 0 saturated carbocycles. The number of rotatable bonds is 5. The zero-order valence-electron chi connectivity index (χ0n) is 16.4. The molecule has 3 aromatic rings. The summed E-state index contributed by atoms with van der Waals surface area (Å²) in [6.45, 7) is -0.749. The Hall–Kier alpha value is -3.04. The highest BCUT2D eigenvalue weighted by molar-refractivity contribution is 5.92.